The van der Waals surface area contributed by atoms with E-state index in [-0.39, 0.29) is 0 Å². The molecule has 1 heterocycles. The van der Waals surface area contributed by atoms with Crippen LogP contribution in [0, 0.1) is 12.8 Å². The fourth-order valence-corrected chi connectivity index (χ4v) is 2.55. The van der Waals surface area contributed by atoms with Crippen molar-refractivity contribution in [3.8, 4) is 0 Å². The molecule has 0 bridgehead atoms. The summed E-state index contributed by atoms with van der Waals surface area (Å²) in [5, 5.41) is 0. The normalized spacial score (nSPS) is 12.8. The van der Waals surface area contributed by atoms with E-state index in [1.807, 2.05) is 11.3 Å². The van der Waals surface area contributed by atoms with Gasteiger partial charge in [-0.15, -0.1) is 11.3 Å². The van der Waals surface area contributed by atoms with Crippen LogP contribution in [0.4, 0.5) is 0 Å². The lowest BCUT2D eigenvalue weighted by Crippen LogP contribution is -2.03. The van der Waals surface area contributed by atoms with Crippen molar-refractivity contribution in [1.29, 1.82) is 0 Å². The Hall–Kier alpha value is -0.630. The van der Waals surface area contributed by atoms with Gasteiger partial charge in [-0.05, 0) is 38.3 Å². The highest BCUT2D eigenvalue weighted by Crippen LogP contribution is 2.20. The number of ketones is 1. The van der Waals surface area contributed by atoms with Gasteiger partial charge < -0.3 is 4.79 Å². The van der Waals surface area contributed by atoms with Crippen LogP contribution in [0.25, 0.3) is 0 Å². The number of Topliss-reactive ketones (excluding diaryl/α,β-unsaturated/α-hetero) is 1. The summed E-state index contributed by atoms with van der Waals surface area (Å²) in [7, 11) is 0. The van der Waals surface area contributed by atoms with Gasteiger partial charge in [0.15, 0.2) is 0 Å². The summed E-state index contributed by atoms with van der Waals surface area (Å²) in [6, 6.07) is 4.30. The number of rotatable bonds is 4. The molecule has 0 radical (unpaired) electrons. The first-order valence-corrected chi connectivity index (χ1v) is 5.44. The van der Waals surface area contributed by atoms with Gasteiger partial charge in [0.2, 0.25) is 0 Å². The molecule has 1 rings (SSSR count). The summed E-state index contributed by atoms with van der Waals surface area (Å²) in [6.07, 6.45) is 1.75. The van der Waals surface area contributed by atoms with Gasteiger partial charge in [-0.3, -0.25) is 0 Å². The average Bonchev–Trinajstić information content (AvgIpc) is 2.33. The maximum atomic E-state index is 10.9. The molecule has 13 heavy (non-hydrogen) atoms. The lowest BCUT2D eigenvalue weighted by molar-refractivity contribution is -0.117. The third-order valence-corrected chi connectivity index (χ3v) is 3.00. The second-order valence-corrected chi connectivity index (χ2v) is 5.10. The molecule has 1 unspecified atom stereocenters. The zero-order chi connectivity index (χ0) is 9.84. The van der Waals surface area contributed by atoms with E-state index in [2.05, 4.69) is 26.0 Å². The molecule has 0 saturated heterocycles. The van der Waals surface area contributed by atoms with Gasteiger partial charge in [-0.2, -0.15) is 0 Å². The van der Waals surface area contributed by atoms with Gasteiger partial charge in [0.25, 0.3) is 0 Å². The van der Waals surface area contributed by atoms with E-state index in [1.165, 1.54) is 9.75 Å². The Kier molecular flexibility index (Phi) is 3.67. The smallest absolute Gasteiger partial charge is 0.130 e. The van der Waals surface area contributed by atoms with E-state index >= 15 is 0 Å². The summed E-state index contributed by atoms with van der Waals surface area (Å²) < 4.78 is 0. The zero-order valence-corrected chi connectivity index (χ0v) is 9.28. The van der Waals surface area contributed by atoms with Crippen LogP contribution in [0.15, 0.2) is 12.1 Å². The van der Waals surface area contributed by atoms with E-state index in [4.69, 9.17) is 0 Å². The largest absolute Gasteiger partial charge is 0.300 e. The van der Waals surface area contributed by atoms with Crippen LogP contribution in [0.1, 0.15) is 30.0 Å². The highest BCUT2D eigenvalue weighted by atomic mass is 32.1. The molecule has 0 fully saturated rings. The van der Waals surface area contributed by atoms with Crippen molar-refractivity contribution in [2.45, 2.75) is 33.6 Å². The molecular weight excluding hydrogens is 180 g/mol. The van der Waals surface area contributed by atoms with Crippen LogP contribution in [0.3, 0.4) is 0 Å². The molecule has 0 aromatic carbocycles. The maximum absolute atomic E-state index is 10.9. The van der Waals surface area contributed by atoms with Gasteiger partial charge in [0.1, 0.15) is 5.78 Å². The molecule has 0 aliphatic rings. The second-order valence-electron chi connectivity index (χ2n) is 3.73. The Balaban J connectivity index is 2.44. The van der Waals surface area contributed by atoms with Crippen LogP contribution in [-0.4, -0.2) is 5.78 Å². The molecule has 1 aromatic rings. The molecule has 1 atom stereocenters. The summed E-state index contributed by atoms with van der Waals surface area (Å²) >= 11 is 1.83. The first-order valence-electron chi connectivity index (χ1n) is 4.62. The van der Waals surface area contributed by atoms with Crippen LogP contribution in [0.2, 0.25) is 0 Å². The molecule has 0 saturated carbocycles. The standard InChI is InChI=1S/C11H16OS/c1-8(6-9(2)12)7-11-5-4-10(3)13-11/h4-5,8H,6-7H2,1-3H3. The maximum Gasteiger partial charge on any atom is 0.130 e. The highest BCUT2D eigenvalue weighted by Gasteiger charge is 2.07. The Labute approximate surface area is 83.8 Å². The SMILES string of the molecule is CC(=O)CC(C)Cc1ccc(C)s1. The van der Waals surface area contributed by atoms with Crippen molar-refractivity contribution in [2.75, 3.05) is 0 Å². The first-order chi connectivity index (χ1) is 6.08. The predicted molar refractivity (Wildman–Crippen MR) is 57.2 cm³/mol. The second kappa shape index (κ2) is 4.56. The minimum atomic E-state index is 0.292. The summed E-state index contributed by atoms with van der Waals surface area (Å²) in [4.78, 5) is 13.6. The lowest BCUT2D eigenvalue weighted by atomic mass is 10.0. The average molecular weight is 196 g/mol. The molecule has 72 valence electrons. The number of carbonyl (C=O) groups is 1. The lowest BCUT2D eigenvalue weighted by Gasteiger charge is -2.06. The number of carbonyl (C=O) groups excluding carboxylic acids is 1. The molecule has 0 aliphatic carbocycles. The minimum absolute atomic E-state index is 0.292. The van der Waals surface area contributed by atoms with E-state index in [0.29, 0.717) is 18.1 Å². The zero-order valence-electron chi connectivity index (χ0n) is 8.46. The first kappa shape index (κ1) is 10.5. The molecule has 0 aliphatic heterocycles. The highest BCUT2D eigenvalue weighted by molar-refractivity contribution is 7.11. The monoisotopic (exact) mass is 196 g/mol. The Morgan fingerprint density at radius 1 is 1.54 bits per heavy atom. The van der Waals surface area contributed by atoms with Gasteiger partial charge >= 0.3 is 0 Å². The Morgan fingerprint density at radius 2 is 2.23 bits per heavy atom. The van der Waals surface area contributed by atoms with E-state index in [0.717, 1.165) is 6.42 Å². The Morgan fingerprint density at radius 3 is 2.69 bits per heavy atom. The molecular formula is C11H16OS. The van der Waals surface area contributed by atoms with Gasteiger partial charge in [-0.25, -0.2) is 0 Å². The molecule has 2 heteroatoms. The predicted octanol–water partition coefficient (Wildman–Crippen LogP) is 3.21. The summed E-state index contributed by atoms with van der Waals surface area (Å²) in [6.45, 7) is 5.91. The molecule has 1 aromatic heterocycles. The van der Waals surface area contributed by atoms with Crippen molar-refractivity contribution in [2.24, 2.45) is 5.92 Å². The number of aryl methyl sites for hydroxylation is 1. The van der Waals surface area contributed by atoms with Crippen molar-refractivity contribution < 1.29 is 4.79 Å². The fourth-order valence-electron chi connectivity index (χ4n) is 1.50. The van der Waals surface area contributed by atoms with Gasteiger partial charge in [0, 0.05) is 16.2 Å². The third-order valence-electron chi connectivity index (χ3n) is 1.98. The van der Waals surface area contributed by atoms with Gasteiger partial charge in [-0.1, -0.05) is 6.92 Å². The summed E-state index contributed by atoms with van der Waals surface area (Å²) in [5.41, 5.74) is 0. The van der Waals surface area contributed by atoms with Crippen molar-refractivity contribution >= 4 is 17.1 Å². The molecule has 0 spiro atoms. The molecule has 0 N–H and O–H groups in total. The van der Waals surface area contributed by atoms with Crippen molar-refractivity contribution in [1.82, 2.24) is 0 Å². The Bertz CT molecular complexity index is 288. The van der Waals surface area contributed by atoms with Crippen LogP contribution in [-0.2, 0) is 11.2 Å². The quantitative estimate of drug-likeness (QED) is 0.722. The fraction of sp³-hybridized carbons (Fsp3) is 0.545. The number of thiophene rings is 1. The van der Waals surface area contributed by atoms with Crippen molar-refractivity contribution in [3.63, 3.8) is 0 Å². The third kappa shape index (κ3) is 3.73. The number of hydrogen-bond acceptors (Lipinski definition) is 2. The van der Waals surface area contributed by atoms with E-state index < -0.39 is 0 Å². The number of hydrogen-bond donors (Lipinski definition) is 0. The molecule has 0 amide bonds. The minimum Gasteiger partial charge on any atom is -0.300 e. The van der Waals surface area contributed by atoms with E-state index in [9.17, 15) is 4.79 Å². The van der Waals surface area contributed by atoms with E-state index in [1.54, 1.807) is 6.92 Å². The van der Waals surface area contributed by atoms with Gasteiger partial charge in [0.05, 0.1) is 0 Å². The summed E-state index contributed by atoms with van der Waals surface area (Å²) in [5.74, 6) is 0.774. The van der Waals surface area contributed by atoms with Crippen LogP contribution >= 0.6 is 11.3 Å². The van der Waals surface area contributed by atoms with Crippen LogP contribution in [0.5, 0.6) is 0 Å². The molecule has 1 nitrogen and oxygen atoms in total. The topological polar surface area (TPSA) is 17.1 Å². The van der Waals surface area contributed by atoms with Crippen LogP contribution < -0.4 is 0 Å². The van der Waals surface area contributed by atoms with Crippen molar-refractivity contribution in [3.05, 3.63) is 21.9 Å².